The average Bonchev–Trinajstić information content (AvgIpc) is 2.78. The molecule has 0 fully saturated rings. The van der Waals surface area contributed by atoms with Crippen molar-refractivity contribution in [1.29, 1.82) is 0 Å². The van der Waals surface area contributed by atoms with Gasteiger partial charge in [-0.3, -0.25) is 0 Å². The third kappa shape index (κ3) is 2.03. The number of rotatable bonds is 5. The highest BCUT2D eigenvalue weighted by Crippen LogP contribution is 2.29. The summed E-state index contributed by atoms with van der Waals surface area (Å²) in [5, 5.41) is 0. The van der Waals surface area contributed by atoms with Crippen LogP contribution in [0.2, 0.25) is 0 Å². The average molecular weight is 245 g/mol. The summed E-state index contributed by atoms with van der Waals surface area (Å²) in [6.45, 7) is 8.23. The number of hydrogen-bond acceptors (Lipinski definition) is 2. The Morgan fingerprint density at radius 3 is 2.61 bits per heavy atom. The van der Waals surface area contributed by atoms with Crippen LogP contribution in [0.4, 0.5) is 0 Å². The molecule has 1 aromatic carbocycles. The molecule has 1 heterocycles. The first-order chi connectivity index (χ1) is 8.66. The normalized spacial score (nSPS) is 14.9. The smallest absolute Gasteiger partial charge is 0.117 e. The predicted octanol–water partition coefficient (Wildman–Crippen LogP) is 3.07. The summed E-state index contributed by atoms with van der Waals surface area (Å²) in [4.78, 5) is 4.83. The molecule has 1 atom stereocenters. The van der Waals surface area contributed by atoms with Gasteiger partial charge >= 0.3 is 0 Å². The van der Waals surface area contributed by atoms with Gasteiger partial charge < -0.3 is 10.3 Å². The number of aryl methyl sites for hydroxylation is 1. The van der Waals surface area contributed by atoms with E-state index >= 15 is 0 Å². The van der Waals surface area contributed by atoms with Gasteiger partial charge in [0, 0.05) is 18.5 Å². The van der Waals surface area contributed by atoms with Crippen LogP contribution in [0.3, 0.4) is 0 Å². The fourth-order valence-electron chi connectivity index (χ4n) is 2.38. The van der Waals surface area contributed by atoms with Gasteiger partial charge in [0.2, 0.25) is 0 Å². The highest BCUT2D eigenvalue weighted by Gasteiger charge is 2.29. The SMILES string of the molecule is CCCn1c(C(C)(CC)CN)nc2ccccc21. The Bertz CT molecular complexity index is 524. The Hall–Kier alpha value is -1.35. The van der Waals surface area contributed by atoms with Crippen LogP contribution in [-0.2, 0) is 12.0 Å². The molecule has 3 heteroatoms. The second-order valence-corrected chi connectivity index (χ2v) is 5.19. The summed E-state index contributed by atoms with van der Waals surface area (Å²) in [5.41, 5.74) is 8.25. The molecule has 2 N–H and O–H groups in total. The molecular weight excluding hydrogens is 222 g/mol. The first kappa shape index (κ1) is 13.1. The van der Waals surface area contributed by atoms with E-state index in [1.54, 1.807) is 0 Å². The number of para-hydroxylation sites is 2. The molecule has 0 aliphatic carbocycles. The summed E-state index contributed by atoms with van der Waals surface area (Å²) in [7, 11) is 0. The Kier molecular flexibility index (Phi) is 3.71. The van der Waals surface area contributed by atoms with Crippen molar-refractivity contribution in [3.63, 3.8) is 0 Å². The topological polar surface area (TPSA) is 43.8 Å². The minimum Gasteiger partial charge on any atom is -0.329 e. The van der Waals surface area contributed by atoms with E-state index in [-0.39, 0.29) is 5.41 Å². The van der Waals surface area contributed by atoms with E-state index in [2.05, 4.69) is 43.5 Å². The van der Waals surface area contributed by atoms with E-state index in [4.69, 9.17) is 10.7 Å². The van der Waals surface area contributed by atoms with Crippen molar-refractivity contribution in [1.82, 2.24) is 9.55 Å². The van der Waals surface area contributed by atoms with Crippen LogP contribution in [0.1, 0.15) is 39.4 Å². The molecule has 2 aromatic rings. The maximum atomic E-state index is 5.98. The fraction of sp³-hybridized carbons (Fsp3) is 0.533. The zero-order valence-corrected chi connectivity index (χ0v) is 11.6. The molecule has 1 unspecified atom stereocenters. The molecule has 3 nitrogen and oxygen atoms in total. The minimum atomic E-state index is -0.0335. The van der Waals surface area contributed by atoms with Gasteiger partial charge in [-0.15, -0.1) is 0 Å². The fourth-order valence-corrected chi connectivity index (χ4v) is 2.38. The van der Waals surface area contributed by atoms with Crippen LogP contribution in [0.25, 0.3) is 11.0 Å². The summed E-state index contributed by atoms with van der Waals surface area (Å²) in [6, 6.07) is 8.35. The van der Waals surface area contributed by atoms with E-state index in [0.29, 0.717) is 6.54 Å². The Morgan fingerprint density at radius 1 is 1.28 bits per heavy atom. The zero-order valence-electron chi connectivity index (χ0n) is 11.6. The third-order valence-corrected chi connectivity index (χ3v) is 3.87. The predicted molar refractivity (Wildman–Crippen MR) is 76.7 cm³/mol. The Morgan fingerprint density at radius 2 is 2.00 bits per heavy atom. The van der Waals surface area contributed by atoms with Crippen molar-refractivity contribution < 1.29 is 0 Å². The summed E-state index contributed by atoms with van der Waals surface area (Å²) in [6.07, 6.45) is 2.12. The lowest BCUT2D eigenvalue weighted by atomic mass is 9.86. The molecule has 0 spiro atoms. The molecule has 0 amide bonds. The van der Waals surface area contributed by atoms with Crippen LogP contribution in [0, 0.1) is 0 Å². The number of nitrogens with two attached hydrogens (primary N) is 1. The molecule has 0 aliphatic heterocycles. The Balaban J connectivity index is 2.65. The number of nitrogens with zero attached hydrogens (tertiary/aromatic N) is 2. The van der Waals surface area contributed by atoms with Crippen molar-refractivity contribution >= 4 is 11.0 Å². The highest BCUT2D eigenvalue weighted by atomic mass is 15.1. The number of fused-ring (bicyclic) bond motifs is 1. The van der Waals surface area contributed by atoms with Gasteiger partial charge in [-0.25, -0.2) is 4.98 Å². The van der Waals surface area contributed by atoms with E-state index in [0.717, 1.165) is 30.7 Å². The second kappa shape index (κ2) is 5.11. The third-order valence-electron chi connectivity index (χ3n) is 3.87. The molecule has 2 rings (SSSR count). The molecule has 0 saturated carbocycles. The quantitative estimate of drug-likeness (QED) is 0.879. The van der Waals surface area contributed by atoms with E-state index in [1.807, 2.05) is 6.07 Å². The first-order valence-electron chi connectivity index (χ1n) is 6.82. The first-order valence-corrected chi connectivity index (χ1v) is 6.82. The monoisotopic (exact) mass is 245 g/mol. The Labute approximate surface area is 109 Å². The van der Waals surface area contributed by atoms with Gasteiger partial charge in [0.1, 0.15) is 5.82 Å². The number of imidazole rings is 1. The number of benzene rings is 1. The molecule has 98 valence electrons. The largest absolute Gasteiger partial charge is 0.329 e. The maximum Gasteiger partial charge on any atom is 0.117 e. The molecule has 0 radical (unpaired) electrons. The van der Waals surface area contributed by atoms with Crippen LogP contribution >= 0.6 is 0 Å². The van der Waals surface area contributed by atoms with Gasteiger partial charge in [0.15, 0.2) is 0 Å². The maximum absolute atomic E-state index is 5.98. The van der Waals surface area contributed by atoms with Gasteiger partial charge in [0.25, 0.3) is 0 Å². The van der Waals surface area contributed by atoms with Crippen molar-refractivity contribution in [2.24, 2.45) is 5.73 Å². The lowest BCUT2D eigenvalue weighted by molar-refractivity contribution is 0.416. The van der Waals surface area contributed by atoms with Crippen LogP contribution in [-0.4, -0.2) is 16.1 Å². The van der Waals surface area contributed by atoms with Gasteiger partial charge in [-0.05, 0) is 25.0 Å². The van der Waals surface area contributed by atoms with Crippen LogP contribution < -0.4 is 5.73 Å². The highest BCUT2D eigenvalue weighted by molar-refractivity contribution is 5.76. The lowest BCUT2D eigenvalue weighted by Crippen LogP contribution is -2.34. The number of hydrogen-bond donors (Lipinski definition) is 1. The molecule has 0 saturated heterocycles. The summed E-state index contributed by atoms with van der Waals surface area (Å²) < 4.78 is 2.34. The van der Waals surface area contributed by atoms with Crippen molar-refractivity contribution in [3.05, 3.63) is 30.1 Å². The van der Waals surface area contributed by atoms with E-state index in [9.17, 15) is 0 Å². The number of aromatic nitrogens is 2. The van der Waals surface area contributed by atoms with Gasteiger partial charge in [-0.2, -0.15) is 0 Å². The second-order valence-electron chi connectivity index (χ2n) is 5.19. The summed E-state index contributed by atoms with van der Waals surface area (Å²) in [5.74, 6) is 1.13. The van der Waals surface area contributed by atoms with Crippen molar-refractivity contribution in [2.45, 2.75) is 45.6 Å². The molecular formula is C15H23N3. The van der Waals surface area contributed by atoms with Crippen LogP contribution in [0.5, 0.6) is 0 Å². The van der Waals surface area contributed by atoms with Crippen LogP contribution in [0.15, 0.2) is 24.3 Å². The van der Waals surface area contributed by atoms with Crippen molar-refractivity contribution in [2.75, 3.05) is 6.54 Å². The molecule has 0 bridgehead atoms. The van der Waals surface area contributed by atoms with E-state index in [1.165, 1.54) is 5.52 Å². The van der Waals surface area contributed by atoms with Gasteiger partial charge in [-0.1, -0.05) is 32.9 Å². The standard InChI is InChI=1S/C15H23N3/c1-4-10-18-13-9-7-6-8-12(13)17-14(18)15(3,5-2)11-16/h6-9H,4-5,10-11,16H2,1-3H3. The van der Waals surface area contributed by atoms with E-state index < -0.39 is 0 Å². The zero-order chi connectivity index (χ0) is 13.2. The van der Waals surface area contributed by atoms with Gasteiger partial charge in [0.05, 0.1) is 11.0 Å². The molecule has 18 heavy (non-hydrogen) atoms. The summed E-state index contributed by atoms with van der Waals surface area (Å²) >= 11 is 0. The lowest BCUT2D eigenvalue weighted by Gasteiger charge is -2.26. The van der Waals surface area contributed by atoms with Crippen molar-refractivity contribution in [3.8, 4) is 0 Å². The molecule has 1 aromatic heterocycles. The molecule has 0 aliphatic rings. The minimum absolute atomic E-state index is 0.0335.